The van der Waals surface area contributed by atoms with E-state index < -0.39 is 11.7 Å². The Bertz CT molecular complexity index is 784. The largest absolute Gasteiger partial charge is 0.490 e. The van der Waals surface area contributed by atoms with E-state index in [1.165, 1.54) is 6.07 Å². The van der Waals surface area contributed by atoms with Crippen molar-refractivity contribution < 1.29 is 17.9 Å². The first-order valence-corrected chi connectivity index (χ1v) is 9.19. The molecule has 1 fully saturated rings. The molecule has 26 heavy (non-hydrogen) atoms. The maximum absolute atomic E-state index is 13.4. The van der Waals surface area contributed by atoms with Crippen LogP contribution in [0.15, 0.2) is 24.3 Å². The first kappa shape index (κ1) is 19.0. The highest BCUT2D eigenvalue weighted by Crippen LogP contribution is 2.40. The summed E-state index contributed by atoms with van der Waals surface area (Å²) >= 11 is 0. The lowest BCUT2D eigenvalue weighted by Crippen LogP contribution is -2.30. The highest BCUT2D eigenvalue weighted by Gasteiger charge is 2.34. The molecule has 1 aromatic heterocycles. The third kappa shape index (κ3) is 4.13. The summed E-state index contributed by atoms with van der Waals surface area (Å²) in [6.45, 7) is 8.36. The van der Waals surface area contributed by atoms with Crippen molar-refractivity contribution in [1.82, 2.24) is 4.98 Å². The van der Waals surface area contributed by atoms with E-state index >= 15 is 0 Å². The van der Waals surface area contributed by atoms with Crippen LogP contribution in [0.1, 0.15) is 57.7 Å². The van der Waals surface area contributed by atoms with Crippen molar-refractivity contribution in [2.75, 3.05) is 0 Å². The monoisotopic (exact) mass is 365 g/mol. The number of aromatic nitrogens is 1. The molecule has 1 saturated carbocycles. The molecule has 5 heteroatoms. The average Bonchev–Trinajstić information content (AvgIpc) is 2.53. The summed E-state index contributed by atoms with van der Waals surface area (Å²) in [4.78, 5) is 4.22. The predicted molar refractivity (Wildman–Crippen MR) is 97.3 cm³/mol. The lowest BCUT2D eigenvalue weighted by molar-refractivity contribution is -0.136. The second kappa shape index (κ2) is 6.75. The van der Waals surface area contributed by atoms with Gasteiger partial charge >= 0.3 is 6.18 Å². The molecule has 2 aromatic rings. The van der Waals surface area contributed by atoms with Crippen LogP contribution in [0.2, 0.25) is 0 Å². The van der Waals surface area contributed by atoms with Crippen LogP contribution in [-0.4, -0.2) is 11.1 Å². The second-order valence-corrected chi connectivity index (χ2v) is 8.45. The summed E-state index contributed by atoms with van der Waals surface area (Å²) in [5.74, 6) is 1.16. The van der Waals surface area contributed by atoms with Crippen molar-refractivity contribution in [2.24, 2.45) is 11.3 Å². The Hall–Kier alpha value is -1.78. The highest BCUT2D eigenvalue weighted by atomic mass is 19.4. The third-order valence-electron chi connectivity index (χ3n) is 5.42. The van der Waals surface area contributed by atoms with Gasteiger partial charge in [-0.1, -0.05) is 20.8 Å². The maximum atomic E-state index is 13.4. The number of hydrogen-bond acceptors (Lipinski definition) is 2. The van der Waals surface area contributed by atoms with Crippen molar-refractivity contribution in [2.45, 2.75) is 65.7 Å². The van der Waals surface area contributed by atoms with E-state index in [1.807, 2.05) is 0 Å². The van der Waals surface area contributed by atoms with Gasteiger partial charge in [0.05, 0.1) is 17.2 Å². The zero-order valence-electron chi connectivity index (χ0n) is 15.8. The fourth-order valence-electron chi connectivity index (χ4n) is 3.88. The van der Waals surface area contributed by atoms with Gasteiger partial charge in [0, 0.05) is 11.1 Å². The van der Waals surface area contributed by atoms with Crippen molar-refractivity contribution in [3.63, 3.8) is 0 Å². The molecule has 0 spiro atoms. The number of pyridine rings is 1. The van der Waals surface area contributed by atoms with Gasteiger partial charge < -0.3 is 4.74 Å². The number of hydrogen-bond donors (Lipinski definition) is 0. The van der Waals surface area contributed by atoms with Crippen LogP contribution in [0, 0.1) is 18.3 Å². The topological polar surface area (TPSA) is 22.1 Å². The molecule has 1 aromatic carbocycles. The Kier molecular flexibility index (Phi) is 4.93. The Morgan fingerprint density at radius 3 is 2.23 bits per heavy atom. The van der Waals surface area contributed by atoms with Crippen LogP contribution < -0.4 is 4.74 Å². The molecule has 0 unspecified atom stereocenters. The van der Waals surface area contributed by atoms with Gasteiger partial charge in [-0.2, -0.15) is 13.2 Å². The quantitative estimate of drug-likeness (QED) is 0.602. The number of aryl methyl sites for hydroxylation is 1. The molecule has 1 aliphatic carbocycles. The molecule has 142 valence electrons. The molecular formula is C21H26F3NO. The summed E-state index contributed by atoms with van der Waals surface area (Å²) < 4.78 is 46.2. The van der Waals surface area contributed by atoms with Gasteiger partial charge in [-0.25, -0.2) is 0 Å². The molecule has 0 bridgehead atoms. The normalized spacial score (nSPS) is 21.8. The molecule has 0 aliphatic heterocycles. The fourth-order valence-corrected chi connectivity index (χ4v) is 3.88. The van der Waals surface area contributed by atoms with Gasteiger partial charge in [-0.15, -0.1) is 0 Å². The van der Waals surface area contributed by atoms with E-state index in [4.69, 9.17) is 4.74 Å². The number of fused-ring (bicyclic) bond motifs is 1. The number of ether oxygens (including phenoxy) is 1. The first-order valence-electron chi connectivity index (χ1n) is 9.19. The van der Waals surface area contributed by atoms with Crippen LogP contribution in [0.5, 0.6) is 5.75 Å². The van der Waals surface area contributed by atoms with Crippen molar-refractivity contribution in [3.05, 3.63) is 35.5 Å². The lowest BCUT2D eigenvalue weighted by Gasteiger charge is -2.37. The molecule has 0 saturated heterocycles. The van der Waals surface area contributed by atoms with E-state index in [0.29, 0.717) is 28.3 Å². The van der Waals surface area contributed by atoms with Crippen LogP contribution in [0.4, 0.5) is 13.2 Å². The summed E-state index contributed by atoms with van der Waals surface area (Å²) in [6, 6.07) is 5.93. The van der Waals surface area contributed by atoms with Crippen molar-refractivity contribution >= 4 is 10.9 Å². The van der Waals surface area contributed by atoms with E-state index in [9.17, 15) is 13.2 Å². The van der Waals surface area contributed by atoms with Crippen molar-refractivity contribution in [1.29, 1.82) is 0 Å². The smallest absolute Gasteiger partial charge is 0.417 e. The van der Waals surface area contributed by atoms with Crippen LogP contribution in [0.3, 0.4) is 0 Å². The van der Waals surface area contributed by atoms with Gasteiger partial charge in [0.25, 0.3) is 0 Å². The van der Waals surface area contributed by atoms with Crippen LogP contribution >= 0.6 is 0 Å². The summed E-state index contributed by atoms with van der Waals surface area (Å²) in [5.41, 5.74) is 0.348. The van der Waals surface area contributed by atoms with Gasteiger partial charge in [-0.05, 0) is 68.2 Å². The van der Waals surface area contributed by atoms with Crippen LogP contribution in [-0.2, 0) is 6.18 Å². The molecule has 0 amide bonds. The molecule has 3 rings (SSSR count). The van der Waals surface area contributed by atoms with E-state index in [-0.39, 0.29) is 11.5 Å². The molecule has 0 N–H and O–H groups in total. The highest BCUT2D eigenvalue weighted by molar-refractivity contribution is 5.84. The number of rotatable bonds is 2. The zero-order valence-corrected chi connectivity index (χ0v) is 15.8. The van der Waals surface area contributed by atoms with E-state index in [0.717, 1.165) is 31.7 Å². The molecule has 0 atom stereocenters. The summed E-state index contributed by atoms with van der Waals surface area (Å²) in [5, 5.41) is 0.101. The summed E-state index contributed by atoms with van der Waals surface area (Å²) in [6.07, 6.45) is -0.267. The molecule has 1 aliphatic rings. The Balaban J connectivity index is 1.81. The lowest BCUT2D eigenvalue weighted by atomic mass is 9.72. The van der Waals surface area contributed by atoms with E-state index in [1.54, 1.807) is 19.1 Å². The Morgan fingerprint density at radius 2 is 1.65 bits per heavy atom. The third-order valence-corrected chi connectivity index (χ3v) is 5.42. The van der Waals surface area contributed by atoms with Crippen molar-refractivity contribution in [3.8, 4) is 5.75 Å². The number of alkyl halides is 3. The second-order valence-electron chi connectivity index (χ2n) is 8.45. The number of nitrogens with zero attached hydrogens (tertiary/aromatic N) is 1. The maximum Gasteiger partial charge on any atom is 0.417 e. The minimum Gasteiger partial charge on any atom is -0.490 e. The summed E-state index contributed by atoms with van der Waals surface area (Å²) in [7, 11) is 0. The van der Waals surface area contributed by atoms with Gasteiger partial charge in [-0.3, -0.25) is 4.98 Å². The minimum absolute atomic E-state index is 0.0683. The fraction of sp³-hybridized carbons (Fsp3) is 0.571. The molecule has 0 radical (unpaired) electrons. The average molecular weight is 365 g/mol. The van der Waals surface area contributed by atoms with Gasteiger partial charge in [0.2, 0.25) is 0 Å². The van der Waals surface area contributed by atoms with E-state index in [2.05, 4.69) is 25.8 Å². The first-order chi connectivity index (χ1) is 12.0. The SMILES string of the molecule is Cc1cc(C(F)(F)F)c2cc(O[C@H]3CC[C@H](C(C)(C)C)CC3)ccc2n1. The molecular weight excluding hydrogens is 339 g/mol. The molecule has 2 nitrogen and oxygen atoms in total. The van der Waals surface area contributed by atoms with Gasteiger partial charge in [0.1, 0.15) is 5.75 Å². The molecule has 1 heterocycles. The van der Waals surface area contributed by atoms with Gasteiger partial charge in [0.15, 0.2) is 0 Å². The van der Waals surface area contributed by atoms with Crippen LogP contribution in [0.25, 0.3) is 10.9 Å². The number of halogens is 3. The standard InChI is InChI=1S/C21H26F3NO/c1-13-11-18(21(22,23)24)17-12-16(9-10-19(17)25-13)26-15-7-5-14(6-8-15)20(2,3)4/h9-12,14-15H,5-8H2,1-4H3/t14-,15-. The Morgan fingerprint density at radius 1 is 1.00 bits per heavy atom. The Labute approximate surface area is 152 Å². The minimum atomic E-state index is -4.41. The predicted octanol–water partition coefficient (Wildman–Crippen LogP) is 6.55. The zero-order chi connectivity index (χ0) is 19.1. The number of benzene rings is 1.